The Kier molecular flexibility index (Phi) is 2.71. The van der Waals surface area contributed by atoms with Crippen LogP contribution in [0.4, 0.5) is 0 Å². The topological polar surface area (TPSA) is 46.2 Å². The van der Waals surface area contributed by atoms with Gasteiger partial charge in [0.2, 0.25) is 0 Å². The average Bonchev–Trinajstić information content (AvgIpc) is 1.96. The second-order valence-electron chi connectivity index (χ2n) is 3.12. The molecule has 1 rings (SSSR count). The van der Waals surface area contributed by atoms with Gasteiger partial charge in [-0.05, 0) is 49.6 Å². The smallest absolute Gasteiger partial charge is 0.119 e. The number of benzene rings is 1. The molecule has 2 nitrogen and oxygen atoms in total. The molecule has 0 aliphatic rings. The lowest BCUT2D eigenvalue weighted by molar-refractivity contribution is 0.467. The average molecular weight is 165 g/mol. The van der Waals surface area contributed by atoms with Crippen LogP contribution in [0, 0.1) is 13.8 Å². The minimum Gasteiger partial charge on any atom is -0.508 e. The van der Waals surface area contributed by atoms with Crippen LogP contribution in [-0.4, -0.2) is 11.7 Å². The first-order chi connectivity index (χ1) is 5.65. The van der Waals surface area contributed by atoms with Crippen molar-refractivity contribution in [3.8, 4) is 5.75 Å². The van der Waals surface area contributed by atoms with Gasteiger partial charge in [-0.15, -0.1) is 0 Å². The van der Waals surface area contributed by atoms with Crippen molar-refractivity contribution in [1.82, 2.24) is 0 Å². The van der Waals surface area contributed by atoms with Gasteiger partial charge >= 0.3 is 0 Å². The fourth-order valence-corrected chi connectivity index (χ4v) is 1.44. The van der Waals surface area contributed by atoms with Crippen molar-refractivity contribution in [2.45, 2.75) is 20.3 Å². The zero-order valence-corrected chi connectivity index (χ0v) is 7.59. The number of aryl methyl sites for hydroxylation is 2. The molecule has 0 bridgehead atoms. The first-order valence-corrected chi connectivity index (χ1v) is 4.14. The van der Waals surface area contributed by atoms with Crippen LogP contribution >= 0.6 is 0 Å². The maximum absolute atomic E-state index is 9.55. The van der Waals surface area contributed by atoms with Crippen molar-refractivity contribution < 1.29 is 5.11 Å². The summed E-state index contributed by atoms with van der Waals surface area (Å²) in [7, 11) is 0. The fraction of sp³-hybridized carbons (Fsp3) is 0.400. The molecule has 0 saturated carbocycles. The minimum atomic E-state index is 0.373. The maximum Gasteiger partial charge on any atom is 0.119 e. The predicted molar refractivity (Wildman–Crippen MR) is 50.3 cm³/mol. The third-order valence-corrected chi connectivity index (χ3v) is 1.99. The van der Waals surface area contributed by atoms with E-state index in [0.717, 1.165) is 23.1 Å². The predicted octanol–water partition coefficient (Wildman–Crippen LogP) is 1.51. The molecule has 1 aromatic carbocycles. The van der Waals surface area contributed by atoms with Gasteiger partial charge in [-0.2, -0.15) is 0 Å². The second kappa shape index (κ2) is 3.59. The van der Waals surface area contributed by atoms with Gasteiger partial charge in [-0.3, -0.25) is 0 Å². The second-order valence-corrected chi connectivity index (χ2v) is 3.12. The highest BCUT2D eigenvalue weighted by molar-refractivity contribution is 5.42. The molecule has 0 radical (unpaired) electrons. The summed E-state index contributed by atoms with van der Waals surface area (Å²) < 4.78 is 0. The fourth-order valence-electron chi connectivity index (χ4n) is 1.44. The molecule has 3 N–H and O–H groups in total. The van der Waals surface area contributed by atoms with Gasteiger partial charge in [0.05, 0.1) is 0 Å². The Hall–Kier alpha value is -1.02. The molecule has 66 valence electrons. The van der Waals surface area contributed by atoms with E-state index in [0.29, 0.717) is 12.3 Å². The minimum absolute atomic E-state index is 0.373. The van der Waals surface area contributed by atoms with Crippen molar-refractivity contribution in [2.24, 2.45) is 5.73 Å². The molecular formula is C10H15NO. The summed E-state index contributed by atoms with van der Waals surface area (Å²) >= 11 is 0. The molecule has 0 aromatic heterocycles. The highest BCUT2D eigenvalue weighted by Gasteiger charge is 2.03. The van der Waals surface area contributed by atoms with Crippen LogP contribution < -0.4 is 5.73 Å². The number of nitrogens with two attached hydrogens (primary N) is 1. The van der Waals surface area contributed by atoms with Crippen LogP contribution in [0.25, 0.3) is 0 Å². The van der Waals surface area contributed by atoms with Crippen molar-refractivity contribution in [3.05, 3.63) is 28.8 Å². The molecule has 2 heteroatoms. The van der Waals surface area contributed by atoms with Gasteiger partial charge in [0, 0.05) is 0 Å². The van der Waals surface area contributed by atoms with Crippen LogP contribution in [0.1, 0.15) is 16.7 Å². The van der Waals surface area contributed by atoms with E-state index in [1.165, 1.54) is 0 Å². The van der Waals surface area contributed by atoms with E-state index < -0.39 is 0 Å². The summed E-state index contributed by atoms with van der Waals surface area (Å²) in [6.07, 6.45) is 0.748. The van der Waals surface area contributed by atoms with Crippen molar-refractivity contribution in [2.75, 3.05) is 6.54 Å². The largest absolute Gasteiger partial charge is 0.508 e. The van der Waals surface area contributed by atoms with Gasteiger partial charge in [0.15, 0.2) is 0 Å². The summed E-state index contributed by atoms with van der Waals surface area (Å²) in [5, 5.41) is 9.55. The third-order valence-electron chi connectivity index (χ3n) is 1.99. The summed E-state index contributed by atoms with van der Waals surface area (Å²) in [4.78, 5) is 0. The first kappa shape index (κ1) is 9.07. The monoisotopic (exact) mass is 165 g/mol. The number of phenols is 1. The molecule has 0 aliphatic carbocycles. The summed E-state index contributed by atoms with van der Waals surface area (Å²) in [5.74, 6) is 0.373. The molecular weight excluding hydrogens is 150 g/mol. The van der Waals surface area contributed by atoms with Crippen molar-refractivity contribution in [1.29, 1.82) is 0 Å². The maximum atomic E-state index is 9.55. The highest BCUT2D eigenvalue weighted by atomic mass is 16.3. The van der Waals surface area contributed by atoms with Crippen LogP contribution in [-0.2, 0) is 6.42 Å². The van der Waals surface area contributed by atoms with E-state index in [2.05, 4.69) is 6.07 Å². The standard InChI is InChI=1S/C10H15NO/c1-7-5-8(2)9(3-4-11)10(12)6-7/h5-6,12H,3-4,11H2,1-2H3. The van der Waals surface area contributed by atoms with Gasteiger partial charge in [-0.1, -0.05) is 6.07 Å². The Morgan fingerprint density at radius 2 is 2.00 bits per heavy atom. The van der Waals surface area contributed by atoms with Gasteiger partial charge in [-0.25, -0.2) is 0 Å². The Morgan fingerprint density at radius 3 is 2.50 bits per heavy atom. The Balaban J connectivity index is 3.10. The number of phenolic OH excluding ortho intramolecular Hbond substituents is 1. The lowest BCUT2D eigenvalue weighted by atomic mass is 10.0. The molecule has 0 heterocycles. The number of hydrogen-bond donors (Lipinski definition) is 2. The van der Waals surface area contributed by atoms with E-state index in [4.69, 9.17) is 5.73 Å². The third kappa shape index (κ3) is 1.77. The van der Waals surface area contributed by atoms with E-state index in [9.17, 15) is 5.11 Å². The summed E-state index contributed by atoms with van der Waals surface area (Å²) in [6.45, 7) is 4.55. The molecule has 0 unspecified atom stereocenters. The van der Waals surface area contributed by atoms with Crippen LogP contribution in [0.3, 0.4) is 0 Å². The number of rotatable bonds is 2. The van der Waals surface area contributed by atoms with Gasteiger partial charge in [0.25, 0.3) is 0 Å². The van der Waals surface area contributed by atoms with Crippen molar-refractivity contribution >= 4 is 0 Å². The molecule has 0 atom stereocenters. The van der Waals surface area contributed by atoms with Crippen LogP contribution in [0.5, 0.6) is 5.75 Å². The van der Waals surface area contributed by atoms with E-state index in [1.807, 2.05) is 13.8 Å². The zero-order chi connectivity index (χ0) is 9.14. The molecule has 0 amide bonds. The van der Waals surface area contributed by atoms with E-state index >= 15 is 0 Å². The number of hydrogen-bond acceptors (Lipinski definition) is 2. The normalized spacial score (nSPS) is 10.2. The lowest BCUT2D eigenvalue weighted by Gasteiger charge is -2.07. The van der Waals surface area contributed by atoms with E-state index in [-0.39, 0.29) is 0 Å². The summed E-state index contributed by atoms with van der Waals surface area (Å²) in [6, 6.07) is 3.84. The molecule has 1 aromatic rings. The molecule has 0 spiro atoms. The quantitative estimate of drug-likeness (QED) is 0.697. The SMILES string of the molecule is Cc1cc(C)c(CCN)c(O)c1. The number of aromatic hydroxyl groups is 1. The Labute approximate surface area is 73.0 Å². The summed E-state index contributed by atoms with van der Waals surface area (Å²) in [5.41, 5.74) is 8.61. The lowest BCUT2D eigenvalue weighted by Crippen LogP contribution is -2.04. The zero-order valence-electron chi connectivity index (χ0n) is 7.59. The van der Waals surface area contributed by atoms with Crippen LogP contribution in [0.2, 0.25) is 0 Å². The van der Waals surface area contributed by atoms with Gasteiger partial charge < -0.3 is 10.8 Å². The molecule has 0 fully saturated rings. The Bertz CT molecular complexity index is 258. The van der Waals surface area contributed by atoms with Crippen molar-refractivity contribution in [3.63, 3.8) is 0 Å². The first-order valence-electron chi connectivity index (χ1n) is 4.14. The molecule has 12 heavy (non-hydrogen) atoms. The van der Waals surface area contributed by atoms with E-state index in [1.54, 1.807) is 6.07 Å². The molecule has 0 aliphatic heterocycles. The Morgan fingerprint density at radius 1 is 1.33 bits per heavy atom. The van der Waals surface area contributed by atoms with Gasteiger partial charge in [0.1, 0.15) is 5.75 Å². The van der Waals surface area contributed by atoms with Crippen LogP contribution in [0.15, 0.2) is 12.1 Å². The highest BCUT2D eigenvalue weighted by Crippen LogP contribution is 2.22. The molecule has 0 saturated heterocycles.